The van der Waals surface area contributed by atoms with Gasteiger partial charge in [-0.3, -0.25) is 0 Å². The highest BCUT2D eigenvalue weighted by Gasteiger charge is 2.25. The summed E-state index contributed by atoms with van der Waals surface area (Å²) in [4.78, 5) is 11.6. The molecule has 0 aliphatic carbocycles. The largest absolute Gasteiger partial charge is 0.497 e. The molecule has 170 valence electrons. The number of para-hydroxylation sites is 2. The van der Waals surface area contributed by atoms with Crippen LogP contribution in [0.4, 0.5) is 0 Å². The first-order chi connectivity index (χ1) is 17.7. The Bertz CT molecular complexity index is 1740. The fourth-order valence-corrected chi connectivity index (χ4v) is 4.77. The SMILES string of the molecule is COc1ccc(-c2c(C#N)c(-c3c[nH]c4ccccc34)nc(-c3c[nH]c4ccccc34)c2C#N)cc1. The minimum absolute atomic E-state index is 0.352. The van der Waals surface area contributed by atoms with Crippen LogP contribution in [-0.2, 0) is 0 Å². The Hall–Kier alpha value is -5.33. The zero-order chi connectivity index (χ0) is 24.6. The lowest BCUT2D eigenvalue weighted by molar-refractivity contribution is 0.415. The van der Waals surface area contributed by atoms with Crippen molar-refractivity contribution in [3.63, 3.8) is 0 Å². The molecule has 0 atom stereocenters. The molecule has 0 bridgehead atoms. The van der Waals surface area contributed by atoms with Gasteiger partial charge < -0.3 is 14.7 Å². The third kappa shape index (κ3) is 3.21. The Morgan fingerprint density at radius 2 is 1.19 bits per heavy atom. The maximum atomic E-state index is 10.4. The lowest BCUT2D eigenvalue weighted by Gasteiger charge is -2.15. The topological polar surface area (TPSA) is 101 Å². The van der Waals surface area contributed by atoms with Crippen molar-refractivity contribution in [3.05, 3.63) is 96.3 Å². The Morgan fingerprint density at radius 3 is 1.67 bits per heavy atom. The van der Waals surface area contributed by atoms with Crippen molar-refractivity contribution in [1.82, 2.24) is 15.0 Å². The lowest BCUT2D eigenvalue weighted by Crippen LogP contribution is -2.01. The minimum Gasteiger partial charge on any atom is -0.497 e. The molecule has 6 aromatic rings. The van der Waals surface area contributed by atoms with E-state index in [0.29, 0.717) is 33.8 Å². The molecule has 3 aromatic heterocycles. The van der Waals surface area contributed by atoms with Gasteiger partial charge in [-0.25, -0.2) is 4.98 Å². The Balaban J connectivity index is 1.75. The molecule has 0 radical (unpaired) electrons. The highest BCUT2D eigenvalue weighted by molar-refractivity contribution is 6.02. The second-order valence-corrected chi connectivity index (χ2v) is 8.38. The molecule has 3 heterocycles. The van der Waals surface area contributed by atoms with Gasteiger partial charge in [0.1, 0.15) is 17.9 Å². The van der Waals surface area contributed by atoms with Crippen molar-refractivity contribution < 1.29 is 4.74 Å². The third-order valence-electron chi connectivity index (χ3n) is 6.49. The van der Waals surface area contributed by atoms with Crippen LogP contribution in [-0.4, -0.2) is 22.1 Å². The third-order valence-corrected chi connectivity index (χ3v) is 6.49. The van der Waals surface area contributed by atoms with Gasteiger partial charge >= 0.3 is 0 Å². The van der Waals surface area contributed by atoms with Gasteiger partial charge in [0.05, 0.1) is 29.6 Å². The van der Waals surface area contributed by atoms with Crippen molar-refractivity contribution in [2.24, 2.45) is 0 Å². The summed E-state index contributed by atoms with van der Waals surface area (Å²) in [6.45, 7) is 0. The maximum Gasteiger partial charge on any atom is 0.118 e. The normalized spacial score (nSPS) is 10.9. The molecule has 0 spiro atoms. The van der Waals surface area contributed by atoms with Crippen LogP contribution in [0, 0.1) is 22.7 Å². The lowest BCUT2D eigenvalue weighted by atomic mass is 9.89. The molecule has 0 aliphatic rings. The number of hydrogen-bond donors (Lipinski definition) is 2. The Morgan fingerprint density at radius 1 is 0.694 bits per heavy atom. The van der Waals surface area contributed by atoms with Crippen molar-refractivity contribution >= 4 is 21.8 Å². The van der Waals surface area contributed by atoms with Crippen LogP contribution in [0.5, 0.6) is 5.75 Å². The molecule has 6 nitrogen and oxygen atoms in total. The van der Waals surface area contributed by atoms with E-state index in [1.807, 2.05) is 85.2 Å². The Kier molecular flexibility index (Phi) is 4.99. The van der Waals surface area contributed by atoms with Gasteiger partial charge in [-0.1, -0.05) is 48.5 Å². The highest BCUT2D eigenvalue weighted by Crippen LogP contribution is 2.42. The fraction of sp³-hybridized carbons (Fsp3) is 0.0333. The van der Waals surface area contributed by atoms with Gasteiger partial charge in [-0.05, 0) is 29.8 Å². The number of aromatic nitrogens is 3. The van der Waals surface area contributed by atoms with E-state index < -0.39 is 0 Å². The number of fused-ring (bicyclic) bond motifs is 2. The number of nitrogens with zero attached hydrogens (tertiary/aromatic N) is 3. The van der Waals surface area contributed by atoms with E-state index in [1.54, 1.807) is 7.11 Å². The van der Waals surface area contributed by atoms with Crippen molar-refractivity contribution in [2.75, 3.05) is 7.11 Å². The van der Waals surface area contributed by atoms with Gasteiger partial charge in [0, 0.05) is 50.9 Å². The van der Waals surface area contributed by atoms with E-state index in [4.69, 9.17) is 9.72 Å². The first-order valence-corrected chi connectivity index (χ1v) is 11.4. The minimum atomic E-state index is 0.352. The molecule has 6 heteroatoms. The van der Waals surface area contributed by atoms with Gasteiger partial charge in [0.2, 0.25) is 0 Å². The zero-order valence-corrected chi connectivity index (χ0v) is 19.3. The highest BCUT2D eigenvalue weighted by atomic mass is 16.5. The number of nitriles is 2. The summed E-state index contributed by atoms with van der Waals surface area (Å²) in [5.74, 6) is 0.693. The first-order valence-electron chi connectivity index (χ1n) is 11.4. The molecule has 6 rings (SSSR count). The average Bonchev–Trinajstić information content (AvgIpc) is 3.56. The maximum absolute atomic E-state index is 10.4. The quantitative estimate of drug-likeness (QED) is 0.299. The van der Waals surface area contributed by atoms with Crippen LogP contribution in [0.25, 0.3) is 55.4 Å². The Labute approximate surface area is 207 Å². The summed E-state index contributed by atoms with van der Waals surface area (Å²) >= 11 is 0. The van der Waals surface area contributed by atoms with E-state index in [0.717, 1.165) is 38.5 Å². The van der Waals surface area contributed by atoms with Gasteiger partial charge in [-0.2, -0.15) is 10.5 Å². The number of H-pyrrole nitrogens is 2. The standard InChI is InChI=1S/C30H19N5O/c1-36-19-12-10-18(11-13-19)28-22(14-31)29(24-16-33-26-8-4-2-6-20(24)26)35-30(23(28)15-32)25-17-34-27-9-5-3-7-21(25)27/h2-13,16-17,33-34H,1H3. The first kappa shape index (κ1) is 21.2. The molecule has 0 amide bonds. The fourth-order valence-electron chi connectivity index (χ4n) is 4.77. The van der Waals surface area contributed by atoms with Crippen molar-refractivity contribution in [2.45, 2.75) is 0 Å². The van der Waals surface area contributed by atoms with Crippen molar-refractivity contribution in [1.29, 1.82) is 10.5 Å². The summed E-state index contributed by atoms with van der Waals surface area (Å²) in [5.41, 5.74) is 6.57. The van der Waals surface area contributed by atoms with Crippen LogP contribution in [0.15, 0.2) is 85.2 Å². The number of benzene rings is 3. The second-order valence-electron chi connectivity index (χ2n) is 8.38. The van der Waals surface area contributed by atoms with E-state index >= 15 is 0 Å². The molecule has 0 fully saturated rings. The van der Waals surface area contributed by atoms with E-state index in [2.05, 4.69) is 22.1 Å². The predicted octanol–water partition coefficient (Wildman–Crippen LogP) is 6.80. The summed E-state index contributed by atoms with van der Waals surface area (Å²) < 4.78 is 5.33. The van der Waals surface area contributed by atoms with Crippen LogP contribution in [0.3, 0.4) is 0 Å². The predicted molar refractivity (Wildman–Crippen MR) is 140 cm³/mol. The van der Waals surface area contributed by atoms with E-state index in [-0.39, 0.29) is 0 Å². The molecular weight excluding hydrogens is 446 g/mol. The molecule has 3 aromatic carbocycles. The molecule has 0 saturated heterocycles. The summed E-state index contributed by atoms with van der Waals surface area (Å²) in [7, 11) is 1.60. The van der Waals surface area contributed by atoms with Crippen LogP contribution in [0.1, 0.15) is 11.1 Å². The molecular formula is C30H19N5O. The summed E-state index contributed by atoms with van der Waals surface area (Å²) in [5, 5.41) is 22.7. The van der Waals surface area contributed by atoms with Crippen LogP contribution < -0.4 is 4.74 Å². The smallest absolute Gasteiger partial charge is 0.118 e. The van der Waals surface area contributed by atoms with Crippen LogP contribution >= 0.6 is 0 Å². The van der Waals surface area contributed by atoms with Crippen molar-refractivity contribution in [3.8, 4) is 51.5 Å². The zero-order valence-electron chi connectivity index (χ0n) is 19.3. The summed E-state index contributed by atoms with van der Waals surface area (Å²) in [6, 6.07) is 27.9. The number of methoxy groups -OCH3 is 1. The van der Waals surface area contributed by atoms with Gasteiger partial charge in [0.15, 0.2) is 0 Å². The molecule has 0 aliphatic heterocycles. The number of nitrogens with one attached hydrogen (secondary N) is 2. The number of rotatable bonds is 4. The van der Waals surface area contributed by atoms with E-state index in [1.165, 1.54) is 0 Å². The van der Waals surface area contributed by atoms with E-state index in [9.17, 15) is 10.5 Å². The summed E-state index contributed by atoms with van der Waals surface area (Å²) in [6.07, 6.45) is 3.74. The monoisotopic (exact) mass is 465 g/mol. The number of pyridine rings is 1. The molecule has 0 unspecified atom stereocenters. The number of aromatic amines is 2. The second kappa shape index (κ2) is 8.47. The van der Waals surface area contributed by atoms with Gasteiger partial charge in [-0.15, -0.1) is 0 Å². The van der Waals surface area contributed by atoms with Crippen LogP contribution in [0.2, 0.25) is 0 Å². The molecule has 36 heavy (non-hydrogen) atoms. The molecule has 2 N–H and O–H groups in total. The average molecular weight is 466 g/mol. The number of ether oxygens (including phenoxy) is 1. The number of hydrogen-bond acceptors (Lipinski definition) is 4. The van der Waals surface area contributed by atoms with Gasteiger partial charge in [0.25, 0.3) is 0 Å². The molecule has 0 saturated carbocycles.